The molecular formula is C16H15N. The van der Waals surface area contributed by atoms with Crippen molar-refractivity contribution < 1.29 is 0 Å². The minimum atomic E-state index is 1.19. The molecule has 2 aromatic carbocycles. The lowest BCUT2D eigenvalue weighted by molar-refractivity contribution is 1.38. The van der Waals surface area contributed by atoms with Crippen molar-refractivity contribution >= 4 is 17.8 Å². The molecule has 1 nitrogen and oxygen atoms in total. The lowest BCUT2D eigenvalue weighted by atomic mass is 10.1. The van der Waals surface area contributed by atoms with Gasteiger partial charge < -0.3 is 4.90 Å². The Balaban J connectivity index is 1.87. The summed E-state index contributed by atoms with van der Waals surface area (Å²) in [7, 11) is 0. The number of hydrogen-bond donors (Lipinski definition) is 0. The van der Waals surface area contributed by atoms with Gasteiger partial charge in [-0.25, -0.2) is 0 Å². The Morgan fingerprint density at radius 1 is 0.765 bits per heavy atom. The van der Waals surface area contributed by atoms with Crippen LogP contribution in [0.1, 0.15) is 11.1 Å². The molecule has 0 bridgehead atoms. The van der Waals surface area contributed by atoms with Crippen molar-refractivity contribution in [3.05, 3.63) is 65.7 Å². The van der Waals surface area contributed by atoms with Crippen LogP contribution >= 0.6 is 0 Å². The quantitative estimate of drug-likeness (QED) is 0.564. The van der Waals surface area contributed by atoms with Crippen LogP contribution in [0, 0.1) is 0 Å². The van der Waals surface area contributed by atoms with E-state index in [-0.39, 0.29) is 0 Å². The van der Waals surface area contributed by atoms with E-state index in [1.54, 1.807) is 0 Å². The van der Waals surface area contributed by atoms with Crippen molar-refractivity contribution in [2.75, 3.05) is 18.0 Å². The summed E-state index contributed by atoms with van der Waals surface area (Å²) in [5.41, 5.74) is 3.89. The summed E-state index contributed by atoms with van der Waals surface area (Å²) in [6, 6.07) is 19.0. The van der Waals surface area contributed by atoms with Crippen LogP contribution in [-0.4, -0.2) is 13.1 Å². The molecule has 0 aliphatic carbocycles. The van der Waals surface area contributed by atoms with Crippen LogP contribution < -0.4 is 4.90 Å². The maximum Gasteiger partial charge on any atom is 0.0441 e. The van der Waals surface area contributed by atoms with E-state index >= 15 is 0 Å². The SMILES string of the molecule is C(=C\c1ccccc1N1CC1)/c1ccccc1. The van der Waals surface area contributed by atoms with Gasteiger partial charge in [0.2, 0.25) is 0 Å². The predicted molar refractivity (Wildman–Crippen MR) is 74.0 cm³/mol. The highest BCUT2D eigenvalue weighted by Crippen LogP contribution is 2.26. The molecule has 0 N–H and O–H groups in total. The van der Waals surface area contributed by atoms with Crippen molar-refractivity contribution in [3.8, 4) is 0 Å². The van der Waals surface area contributed by atoms with Crippen molar-refractivity contribution in [2.45, 2.75) is 0 Å². The summed E-state index contributed by atoms with van der Waals surface area (Å²) in [5.74, 6) is 0. The molecule has 0 radical (unpaired) electrons. The molecule has 1 heterocycles. The Hall–Kier alpha value is -2.02. The highest BCUT2D eigenvalue weighted by Gasteiger charge is 2.19. The minimum Gasteiger partial charge on any atom is -0.368 e. The first kappa shape index (κ1) is 10.2. The fourth-order valence-corrected chi connectivity index (χ4v) is 1.96. The second-order valence-electron chi connectivity index (χ2n) is 4.29. The summed E-state index contributed by atoms with van der Waals surface area (Å²) in [4.78, 5) is 2.38. The molecule has 1 heteroatoms. The zero-order chi connectivity index (χ0) is 11.5. The van der Waals surface area contributed by atoms with Gasteiger partial charge in [0.15, 0.2) is 0 Å². The largest absolute Gasteiger partial charge is 0.368 e. The van der Waals surface area contributed by atoms with Crippen LogP contribution in [0.15, 0.2) is 54.6 Å². The molecule has 0 atom stereocenters. The van der Waals surface area contributed by atoms with Gasteiger partial charge in [-0.3, -0.25) is 0 Å². The lowest BCUT2D eigenvalue weighted by Crippen LogP contribution is -1.92. The smallest absolute Gasteiger partial charge is 0.0441 e. The number of anilines is 1. The topological polar surface area (TPSA) is 3.01 Å². The van der Waals surface area contributed by atoms with Crippen molar-refractivity contribution in [3.63, 3.8) is 0 Å². The zero-order valence-electron chi connectivity index (χ0n) is 9.71. The Bertz CT molecular complexity index is 524. The van der Waals surface area contributed by atoms with E-state index < -0.39 is 0 Å². The number of hydrogen-bond acceptors (Lipinski definition) is 1. The third kappa shape index (κ3) is 2.39. The van der Waals surface area contributed by atoms with Crippen molar-refractivity contribution in [1.29, 1.82) is 0 Å². The minimum absolute atomic E-state index is 1.19. The highest BCUT2D eigenvalue weighted by atomic mass is 15.3. The second kappa shape index (κ2) is 4.46. The third-order valence-corrected chi connectivity index (χ3v) is 2.98. The molecule has 0 saturated carbocycles. The van der Waals surface area contributed by atoms with Crippen molar-refractivity contribution in [2.24, 2.45) is 0 Å². The van der Waals surface area contributed by atoms with Crippen LogP contribution in [0.25, 0.3) is 12.2 Å². The molecular weight excluding hydrogens is 206 g/mol. The molecule has 1 saturated heterocycles. The van der Waals surface area contributed by atoms with Crippen LogP contribution in [-0.2, 0) is 0 Å². The van der Waals surface area contributed by atoms with Crippen LogP contribution in [0.5, 0.6) is 0 Å². The number of nitrogens with zero attached hydrogens (tertiary/aromatic N) is 1. The zero-order valence-corrected chi connectivity index (χ0v) is 9.71. The van der Waals surface area contributed by atoms with Crippen LogP contribution in [0.3, 0.4) is 0 Å². The van der Waals surface area contributed by atoms with Crippen molar-refractivity contribution in [1.82, 2.24) is 0 Å². The van der Waals surface area contributed by atoms with E-state index in [0.717, 1.165) is 0 Å². The van der Waals surface area contributed by atoms with E-state index in [2.05, 4.69) is 65.6 Å². The Kier molecular flexibility index (Phi) is 2.66. The van der Waals surface area contributed by atoms with E-state index in [4.69, 9.17) is 0 Å². The summed E-state index contributed by atoms with van der Waals surface area (Å²) in [5, 5.41) is 0. The average Bonchev–Trinajstić information content (AvgIpc) is 3.22. The molecule has 0 unspecified atom stereocenters. The van der Waals surface area contributed by atoms with Crippen LogP contribution in [0.2, 0.25) is 0 Å². The maximum absolute atomic E-state index is 2.38. The summed E-state index contributed by atoms with van der Waals surface area (Å²) in [6.07, 6.45) is 4.37. The Morgan fingerprint density at radius 2 is 1.47 bits per heavy atom. The fourth-order valence-electron chi connectivity index (χ4n) is 1.96. The monoisotopic (exact) mass is 221 g/mol. The molecule has 2 aromatic rings. The highest BCUT2D eigenvalue weighted by molar-refractivity contribution is 5.78. The summed E-state index contributed by atoms with van der Waals surface area (Å²) in [6.45, 7) is 2.38. The standard InChI is InChI=1S/C16H15N/c1-2-6-14(7-3-1)10-11-15-8-4-5-9-16(15)17-12-13-17/h1-11H,12-13H2/b11-10+. The number of para-hydroxylation sites is 1. The van der Waals surface area contributed by atoms with E-state index in [1.165, 1.54) is 29.9 Å². The molecule has 1 aliphatic rings. The fraction of sp³-hybridized carbons (Fsp3) is 0.125. The lowest BCUT2D eigenvalue weighted by Gasteiger charge is -2.06. The molecule has 0 aromatic heterocycles. The van der Waals surface area contributed by atoms with E-state index in [1.807, 2.05) is 6.07 Å². The van der Waals surface area contributed by atoms with Gasteiger partial charge >= 0.3 is 0 Å². The van der Waals surface area contributed by atoms with Gasteiger partial charge in [0, 0.05) is 18.8 Å². The molecule has 3 rings (SSSR count). The van der Waals surface area contributed by atoms with Gasteiger partial charge in [0.05, 0.1) is 0 Å². The van der Waals surface area contributed by atoms with Gasteiger partial charge in [-0.05, 0) is 17.2 Å². The first-order chi connectivity index (χ1) is 8.43. The van der Waals surface area contributed by atoms with Gasteiger partial charge in [-0.2, -0.15) is 0 Å². The number of rotatable bonds is 3. The summed E-state index contributed by atoms with van der Waals surface area (Å²) < 4.78 is 0. The van der Waals surface area contributed by atoms with Gasteiger partial charge in [0.1, 0.15) is 0 Å². The summed E-state index contributed by atoms with van der Waals surface area (Å²) >= 11 is 0. The van der Waals surface area contributed by atoms with Gasteiger partial charge in [0.25, 0.3) is 0 Å². The Labute approximate surface area is 102 Å². The first-order valence-electron chi connectivity index (χ1n) is 6.00. The predicted octanol–water partition coefficient (Wildman–Crippen LogP) is 3.68. The van der Waals surface area contributed by atoms with Gasteiger partial charge in [-0.1, -0.05) is 60.7 Å². The van der Waals surface area contributed by atoms with Gasteiger partial charge in [-0.15, -0.1) is 0 Å². The van der Waals surface area contributed by atoms with E-state index in [0.29, 0.717) is 0 Å². The second-order valence-corrected chi connectivity index (χ2v) is 4.29. The molecule has 0 spiro atoms. The molecule has 84 valence electrons. The third-order valence-electron chi connectivity index (χ3n) is 2.98. The number of benzene rings is 2. The first-order valence-corrected chi connectivity index (χ1v) is 6.00. The maximum atomic E-state index is 2.38. The van der Waals surface area contributed by atoms with Crippen LogP contribution in [0.4, 0.5) is 5.69 Å². The van der Waals surface area contributed by atoms with E-state index in [9.17, 15) is 0 Å². The normalized spacial score (nSPS) is 14.2. The molecule has 0 amide bonds. The molecule has 1 fully saturated rings. The average molecular weight is 221 g/mol. The molecule has 1 aliphatic heterocycles. The Morgan fingerprint density at radius 3 is 2.24 bits per heavy atom. The molecule has 17 heavy (non-hydrogen) atoms.